The van der Waals surface area contributed by atoms with E-state index in [9.17, 15) is 22.8 Å². The second kappa shape index (κ2) is 8.81. The Morgan fingerprint density at radius 1 is 1.00 bits per heavy atom. The number of nitrogens with zero attached hydrogens (tertiary/aromatic N) is 4. The molecule has 186 valence electrons. The number of carbonyl (C=O) groups excluding carboxylic acids is 2. The minimum Gasteiger partial charge on any atom is -0.434 e. The van der Waals surface area contributed by atoms with Gasteiger partial charge in [-0.05, 0) is 37.1 Å². The molecule has 0 aliphatic carbocycles. The van der Waals surface area contributed by atoms with Gasteiger partial charge in [0.2, 0.25) is 0 Å². The molecule has 11 heteroatoms. The van der Waals surface area contributed by atoms with Crippen LogP contribution in [-0.2, 0) is 6.18 Å². The number of alkyl halides is 3. The lowest BCUT2D eigenvalue weighted by molar-refractivity contribution is -0.138. The van der Waals surface area contributed by atoms with E-state index >= 15 is 0 Å². The van der Waals surface area contributed by atoms with Gasteiger partial charge in [-0.2, -0.15) is 13.2 Å². The summed E-state index contributed by atoms with van der Waals surface area (Å²) >= 11 is 0. The maximum Gasteiger partial charge on any atom is 0.417 e. The Labute approximate surface area is 204 Å². The van der Waals surface area contributed by atoms with E-state index in [1.807, 2.05) is 30.9 Å². The summed E-state index contributed by atoms with van der Waals surface area (Å²) in [6.07, 6.45) is -4.62. The van der Waals surface area contributed by atoms with Crippen molar-refractivity contribution in [3.63, 3.8) is 0 Å². The van der Waals surface area contributed by atoms with Crippen molar-refractivity contribution >= 4 is 23.3 Å². The summed E-state index contributed by atoms with van der Waals surface area (Å²) in [7, 11) is 0. The minimum absolute atomic E-state index is 0.0845. The Morgan fingerprint density at radius 2 is 1.69 bits per heavy atom. The van der Waals surface area contributed by atoms with Gasteiger partial charge in [0, 0.05) is 32.2 Å². The molecule has 1 N–H and O–H groups in total. The maximum absolute atomic E-state index is 13.4. The predicted octanol–water partition coefficient (Wildman–Crippen LogP) is 4.43. The van der Waals surface area contributed by atoms with Crippen molar-refractivity contribution in [1.29, 1.82) is 0 Å². The highest BCUT2D eigenvalue weighted by Crippen LogP contribution is 2.39. The number of halogens is 3. The minimum atomic E-state index is -4.62. The van der Waals surface area contributed by atoms with Crippen molar-refractivity contribution in [1.82, 2.24) is 15.1 Å². The van der Waals surface area contributed by atoms with E-state index < -0.39 is 17.6 Å². The molecule has 5 rings (SSSR count). The lowest BCUT2D eigenvalue weighted by Gasteiger charge is -2.35. The van der Waals surface area contributed by atoms with Crippen molar-refractivity contribution in [2.75, 3.05) is 36.4 Å². The summed E-state index contributed by atoms with van der Waals surface area (Å²) in [5, 5.41) is 11.2. The largest absolute Gasteiger partial charge is 0.434 e. The highest BCUT2D eigenvalue weighted by molar-refractivity contribution is 6.08. The molecule has 2 aliphatic rings. The Morgan fingerprint density at radius 3 is 2.42 bits per heavy atom. The number of fused-ring (bicyclic) bond motifs is 2. The van der Waals surface area contributed by atoms with E-state index in [0.29, 0.717) is 30.3 Å². The van der Waals surface area contributed by atoms with Crippen LogP contribution < -0.4 is 15.0 Å². The zero-order valence-electron chi connectivity index (χ0n) is 19.5. The molecular formula is C25H22F3N5O3. The van der Waals surface area contributed by atoms with Gasteiger partial charge in [-0.15, -0.1) is 10.2 Å². The molecule has 0 bridgehead atoms. The number of rotatable bonds is 2. The summed E-state index contributed by atoms with van der Waals surface area (Å²) in [4.78, 5) is 29.0. The topological polar surface area (TPSA) is 87.7 Å². The first kappa shape index (κ1) is 23.6. The van der Waals surface area contributed by atoms with Crippen molar-refractivity contribution in [2.45, 2.75) is 20.0 Å². The zero-order valence-corrected chi connectivity index (χ0v) is 19.5. The Hall–Kier alpha value is -4.15. The summed E-state index contributed by atoms with van der Waals surface area (Å²) in [5.41, 5.74) is 1.15. The fraction of sp³-hybridized carbons (Fsp3) is 0.280. The number of piperazine rings is 1. The fourth-order valence-electron chi connectivity index (χ4n) is 4.34. The molecule has 0 radical (unpaired) electrons. The van der Waals surface area contributed by atoms with E-state index in [1.54, 1.807) is 6.07 Å². The summed E-state index contributed by atoms with van der Waals surface area (Å²) in [5.74, 6) is -0.0515. The molecule has 2 aromatic carbocycles. The Bertz CT molecular complexity index is 1370. The zero-order chi connectivity index (χ0) is 25.6. The number of nitrogens with one attached hydrogen (secondary N) is 1. The number of ether oxygens (including phenoxy) is 1. The van der Waals surface area contributed by atoms with E-state index in [4.69, 9.17) is 4.74 Å². The molecule has 0 atom stereocenters. The highest BCUT2D eigenvalue weighted by Gasteiger charge is 2.36. The molecule has 0 spiro atoms. The van der Waals surface area contributed by atoms with Gasteiger partial charge in [-0.3, -0.25) is 9.59 Å². The first-order chi connectivity index (χ1) is 17.1. The smallest absolute Gasteiger partial charge is 0.417 e. The first-order valence-electron chi connectivity index (χ1n) is 11.3. The van der Waals surface area contributed by atoms with Crippen LogP contribution in [0.25, 0.3) is 0 Å². The summed E-state index contributed by atoms with van der Waals surface area (Å²) in [6, 6.07) is 10.1. The van der Waals surface area contributed by atoms with E-state index in [2.05, 4.69) is 15.5 Å². The lowest BCUT2D eigenvalue weighted by atomic mass is 10.1. The number of benzene rings is 2. The van der Waals surface area contributed by atoms with Crippen LogP contribution in [0.5, 0.6) is 11.6 Å². The van der Waals surface area contributed by atoms with Crippen LogP contribution in [0.4, 0.5) is 24.7 Å². The molecule has 2 aliphatic heterocycles. The SMILES string of the molecule is Cc1ccc(C)c2c1NC(=O)c1cc(N3CCN(C(=O)c4ccccc4C(F)(F)F)CC3)nnc1O2. The number of aryl methyl sites for hydroxylation is 2. The standard InChI is InChI=1S/C25H22F3N5O3/c1-14-7-8-15(2)21-20(14)29-22(34)17-13-19(30-31-23(17)36-21)32-9-11-33(12-10-32)24(35)16-5-3-4-6-18(16)25(26,27)28/h3-8,13H,9-12H2,1-2H3,(H,29,34). The molecule has 3 heterocycles. The number of hydrogen-bond donors (Lipinski definition) is 1. The van der Waals surface area contributed by atoms with Gasteiger partial charge < -0.3 is 19.9 Å². The van der Waals surface area contributed by atoms with Gasteiger partial charge in [-0.1, -0.05) is 24.3 Å². The van der Waals surface area contributed by atoms with Crippen molar-refractivity contribution in [3.8, 4) is 11.6 Å². The Balaban J connectivity index is 1.33. The molecule has 36 heavy (non-hydrogen) atoms. The maximum atomic E-state index is 13.4. The molecule has 8 nitrogen and oxygen atoms in total. The molecule has 0 unspecified atom stereocenters. The molecule has 0 saturated carbocycles. The van der Waals surface area contributed by atoms with Gasteiger partial charge in [0.1, 0.15) is 5.56 Å². The van der Waals surface area contributed by atoms with Crippen molar-refractivity contribution in [2.24, 2.45) is 0 Å². The van der Waals surface area contributed by atoms with Crippen LogP contribution in [0, 0.1) is 13.8 Å². The molecule has 1 aromatic heterocycles. The second-order valence-electron chi connectivity index (χ2n) is 8.70. The normalized spacial score (nSPS) is 15.4. The van der Waals surface area contributed by atoms with Gasteiger partial charge in [-0.25, -0.2) is 0 Å². The first-order valence-corrected chi connectivity index (χ1v) is 11.3. The highest BCUT2D eigenvalue weighted by atomic mass is 19.4. The molecule has 1 saturated heterocycles. The van der Waals surface area contributed by atoms with Crippen molar-refractivity contribution < 1.29 is 27.5 Å². The van der Waals surface area contributed by atoms with Crippen LogP contribution in [0.1, 0.15) is 37.4 Å². The van der Waals surface area contributed by atoms with E-state index in [0.717, 1.165) is 17.2 Å². The van der Waals surface area contributed by atoms with Crippen LogP contribution in [0.2, 0.25) is 0 Å². The molecule has 1 fully saturated rings. The van der Waals surface area contributed by atoms with Crippen LogP contribution in [0.3, 0.4) is 0 Å². The average molecular weight is 497 g/mol. The second-order valence-corrected chi connectivity index (χ2v) is 8.70. The lowest BCUT2D eigenvalue weighted by Crippen LogP contribution is -2.49. The number of hydrogen-bond acceptors (Lipinski definition) is 6. The Kier molecular flexibility index (Phi) is 5.77. The monoisotopic (exact) mass is 497 g/mol. The van der Waals surface area contributed by atoms with Crippen LogP contribution in [0.15, 0.2) is 42.5 Å². The van der Waals surface area contributed by atoms with Gasteiger partial charge >= 0.3 is 6.18 Å². The number of anilines is 2. The quantitative estimate of drug-likeness (QED) is 0.564. The van der Waals surface area contributed by atoms with Gasteiger partial charge in [0.15, 0.2) is 11.6 Å². The van der Waals surface area contributed by atoms with E-state index in [1.165, 1.54) is 23.1 Å². The third-order valence-corrected chi connectivity index (χ3v) is 6.35. The third kappa shape index (κ3) is 4.21. The van der Waals surface area contributed by atoms with Crippen LogP contribution >= 0.6 is 0 Å². The predicted molar refractivity (Wildman–Crippen MR) is 126 cm³/mol. The summed E-state index contributed by atoms with van der Waals surface area (Å²) in [6.45, 7) is 4.74. The molecule has 2 amide bonds. The fourth-order valence-corrected chi connectivity index (χ4v) is 4.34. The average Bonchev–Trinajstić information content (AvgIpc) is 3.02. The van der Waals surface area contributed by atoms with E-state index in [-0.39, 0.29) is 36.0 Å². The van der Waals surface area contributed by atoms with Crippen molar-refractivity contribution in [3.05, 3.63) is 70.3 Å². The number of carbonyl (C=O) groups is 2. The van der Waals surface area contributed by atoms with Gasteiger partial charge in [0.05, 0.1) is 16.8 Å². The molecular weight excluding hydrogens is 475 g/mol. The van der Waals surface area contributed by atoms with Crippen LogP contribution in [-0.4, -0.2) is 53.1 Å². The number of amides is 2. The number of aromatic nitrogens is 2. The third-order valence-electron chi connectivity index (χ3n) is 6.35. The van der Waals surface area contributed by atoms with Gasteiger partial charge in [0.25, 0.3) is 17.7 Å². The summed E-state index contributed by atoms with van der Waals surface area (Å²) < 4.78 is 46.0. The molecule has 3 aromatic rings.